The second-order valence-electron chi connectivity index (χ2n) is 9.87. The standard InChI is InChI=1S/C29H32F2N2O4/c1-29(2,28(34)35-4)12-5-15-36-22-9-11-25-20(16-22)17-23(27-32-13-14-33(27)3)26(37-25)10-7-19-6-8-21(30)18-24(19)31/h6,8-9,11,13-14,16-18,26H,5,7,10,12,15H2,1-4H3. The summed E-state index contributed by atoms with van der Waals surface area (Å²) in [6.07, 6.45) is 7.48. The van der Waals surface area contributed by atoms with Gasteiger partial charge in [-0.15, -0.1) is 0 Å². The Morgan fingerprint density at radius 1 is 1.19 bits per heavy atom. The van der Waals surface area contributed by atoms with E-state index in [0.29, 0.717) is 49.4 Å². The summed E-state index contributed by atoms with van der Waals surface area (Å²) in [5, 5.41) is 0. The van der Waals surface area contributed by atoms with Gasteiger partial charge < -0.3 is 18.8 Å². The Kier molecular flexibility index (Phi) is 7.95. The second-order valence-corrected chi connectivity index (χ2v) is 9.87. The molecule has 0 saturated heterocycles. The molecule has 0 amide bonds. The molecule has 196 valence electrons. The fourth-order valence-corrected chi connectivity index (χ4v) is 4.47. The minimum Gasteiger partial charge on any atom is -0.494 e. The van der Waals surface area contributed by atoms with E-state index in [1.807, 2.05) is 55.9 Å². The minimum atomic E-state index is -0.595. The summed E-state index contributed by atoms with van der Waals surface area (Å²) >= 11 is 0. The van der Waals surface area contributed by atoms with Crippen LogP contribution in [0, 0.1) is 17.0 Å². The molecule has 1 aliphatic rings. The van der Waals surface area contributed by atoms with Gasteiger partial charge in [0.15, 0.2) is 0 Å². The number of hydrogen-bond acceptors (Lipinski definition) is 5. The third-order valence-corrected chi connectivity index (χ3v) is 6.63. The molecule has 1 aromatic heterocycles. The maximum Gasteiger partial charge on any atom is 0.311 e. The number of rotatable bonds is 10. The lowest BCUT2D eigenvalue weighted by atomic mass is 9.88. The fraction of sp³-hybridized carbons (Fsp3) is 0.379. The summed E-state index contributed by atoms with van der Waals surface area (Å²) < 4.78 is 46.6. The smallest absolute Gasteiger partial charge is 0.311 e. The molecule has 1 unspecified atom stereocenters. The Morgan fingerprint density at radius 2 is 2.00 bits per heavy atom. The maximum atomic E-state index is 14.2. The highest BCUT2D eigenvalue weighted by Gasteiger charge is 2.29. The van der Waals surface area contributed by atoms with E-state index in [-0.39, 0.29) is 12.1 Å². The first-order chi connectivity index (χ1) is 17.7. The molecule has 0 fully saturated rings. The van der Waals surface area contributed by atoms with Gasteiger partial charge >= 0.3 is 5.97 Å². The first-order valence-corrected chi connectivity index (χ1v) is 12.3. The molecule has 2 heterocycles. The molecule has 0 saturated carbocycles. The van der Waals surface area contributed by atoms with Crippen molar-refractivity contribution in [3.63, 3.8) is 0 Å². The number of carbonyl (C=O) groups is 1. The Hall–Kier alpha value is -3.68. The lowest BCUT2D eigenvalue weighted by Crippen LogP contribution is -2.26. The molecule has 1 aliphatic heterocycles. The summed E-state index contributed by atoms with van der Waals surface area (Å²) in [5.41, 5.74) is 1.61. The number of ether oxygens (including phenoxy) is 3. The number of imidazole rings is 1. The predicted molar refractivity (Wildman–Crippen MR) is 137 cm³/mol. The van der Waals surface area contributed by atoms with Crippen LogP contribution in [0.3, 0.4) is 0 Å². The number of carbonyl (C=O) groups excluding carboxylic acids is 1. The van der Waals surface area contributed by atoms with Crippen molar-refractivity contribution in [2.24, 2.45) is 12.5 Å². The second kappa shape index (κ2) is 11.2. The van der Waals surface area contributed by atoms with Crippen LogP contribution in [0.1, 0.15) is 50.1 Å². The highest BCUT2D eigenvalue weighted by Crippen LogP contribution is 2.37. The van der Waals surface area contributed by atoms with E-state index in [2.05, 4.69) is 4.98 Å². The van der Waals surface area contributed by atoms with Crippen LogP contribution in [0.4, 0.5) is 8.78 Å². The van der Waals surface area contributed by atoms with Crippen LogP contribution in [0.2, 0.25) is 0 Å². The molecule has 6 nitrogen and oxygen atoms in total. The SMILES string of the molecule is COC(=O)C(C)(C)CCCOc1ccc2c(c1)C=C(c1nccn1C)C(CCc1ccc(F)cc1F)O2. The van der Waals surface area contributed by atoms with E-state index in [1.54, 1.807) is 6.20 Å². The third-order valence-electron chi connectivity index (χ3n) is 6.63. The van der Waals surface area contributed by atoms with E-state index in [4.69, 9.17) is 14.2 Å². The predicted octanol–water partition coefficient (Wildman–Crippen LogP) is 5.99. The monoisotopic (exact) mass is 510 g/mol. The zero-order chi connectivity index (χ0) is 26.6. The fourth-order valence-electron chi connectivity index (χ4n) is 4.47. The molecule has 0 radical (unpaired) electrons. The summed E-state index contributed by atoms with van der Waals surface area (Å²) in [7, 11) is 3.30. The molecule has 0 aliphatic carbocycles. The summed E-state index contributed by atoms with van der Waals surface area (Å²) in [5.74, 6) is 0.759. The van der Waals surface area contributed by atoms with Gasteiger partial charge in [-0.05, 0) is 75.4 Å². The number of methoxy groups -OCH3 is 1. The zero-order valence-electron chi connectivity index (χ0n) is 21.6. The highest BCUT2D eigenvalue weighted by molar-refractivity contribution is 5.85. The third kappa shape index (κ3) is 6.18. The van der Waals surface area contributed by atoms with E-state index in [1.165, 1.54) is 19.2 Å². The molecular formula is C29H32F2N2O4. The summed E-state index contributed by atoms with van der Waals surface area (Å²) in [6, 6.07) is 9.27. The van der Waals surface area contributed by atoms with Gasteiger partial charge in [0.05, 0.1) is 19.1 Å². The van der Waals surface area contributed by atoms with Gasteiger partial charge in [-0.25, -0.2) is 13.8 Å². The van der Waals surface area contributed by atoms with Crippen LogP contribution in [0.25, 0.3) is 11.6 Å². The van der Waals surface area contributed by atoms with Gasteiger partial charge in [-0.1, -0.05) is 6.07 Å². The Balaban J connectivity index is 1.49. The topological polar surface area (TPSA) is 62.6 Å². The van der Waals surface area contributed by atoms with Crippen molar-refractivity contribution >= 4 is 17.6 Å². The van der Waals surface area contributed by atoms with Gasteiger partial charge in [0, 0.05) is 36.6 Å². The molecule has 8 heteroatoms. The normalized spacial score (nSPS) is 15.0. The van der Waals surface area contributed by atoms with Gasteiger partial charge in [0.1, 0.15) is 35.1 Å². The Bertz CT molecular complexity index is 1300. The number of hydrogen-bond donors (Lipinski definition) is 0. The van der Waals surface area contributed by atoms with Crippen LogP contribution in [0.5, 0.6) is 11.5 Å². The van der Waals surface area contributed by atoms with Gasteiger partial charge in [0.2, 0.25) is 0 Å². The molecule has 0 N–H and O–H groups in total. The molecule has 1 atom stereocenters. The lowest BCUT2D eigenvalue weighted by molar-refractivity contribution is -0.151. The highest BCUT2D eigenvalue weighted by atomic mass is 19.1. The number of aromatic nitrogens is 2. The van der Waals surface area contributed by atoms with Crippen molar-refractivity contribution in [2.75, 3.05) is 13.7 Å². The average Bonchev–Trinajstić information content (AvgIpc) is 3.30. The van der Waals surface area contributed by atoms with Crippen LogP contribution in [-0.2, 0) is 23.0 Å². The maximum absolute atomic E-state index is 14.2. The number of benzene rings is 2. The average molecular weight is 511 g/mol. The van der Waals surface area contributed by atoms with Crippen molar-refractivity contribution in [1.82, 2.24) is 9.55 Å². The van der Waals surface area contributed by atoms with Crippen molar-refractivity contribution < 1.29 is 27.8 Å². The van der Waals surface area contributed by atoms with Gasteiger partial charge in [-0.3, -0.25) is 4.79 Å². The molecule has 37 heavy (non-hydrogen) atoms. The van der Waals surface area contributed by atoms with Crippen LogP contribution < -0.4 is 9.47 Å². The van der Waals surface area contributed by atoms with Crippen LogP contribution in [0.15, 0.2) is 48.8 Å². The van der Waals surface area contributed by atoms with E-state index >= 15 is 0 Å². The van der Waals surface area contributed by atoms with E-state index in [0.717, 1.165) is 23.0 Å². The summed E-state index contributed by atoms with van der Waals surface area (Å²) in [4.78, 5) is 16.4. The first kappa shape index (κ1) is 26.4. The molecule has 0 bridgehead atoms. The molecule has 0 spiro atoms. The number of nitrogens with zero attached hydrogens (tertiary/aromatic N) is 2. The molecule has 4 rings (SSSR count). The quantitative estimate of drug-likeness (QED) is 0.248. The van der Waals surface area contributed by atoms with Gasteiger partial charge in [0.25, 0.3) is 0 Å². The number of fused-ring (bicyclic) bond motifs is 1. The lowest BCUT2D eigenvalue weighted by Gasteiger charge is -2.28. The first-order valence-electron chi connectivity index (χ1n) is 12.3. The molecular weight excluding hydrogens is 478 g/mol. The molecule has 2 aromatic carbocycles. The largest absolute Gasteiger partial charge is 0.494 e. The summed E-state index contributed by atoms with van der Waals surface area (Å²) in [6.45, 7) is 4.18. The van der Waals surface area contributed by atoms with E-state index < -0.39 is 17.0 Å². The van der Waals surface area contributed by atoms with Crippen molar-refractivity contribution in [3.05, 3.63) is 77.4 Å². The minimum absolute atomic E-state index is 0.234. The van der Waals surface area contributed by atoms with Crippen molar-refractivity contribution in [2.45, 2.75) is 45.6 Å². The van der Waals surface area contributed by atoms with Gasteiger partial charge in [-0.2, -0.15) is 0 Å². The zero-order valence-corrected chi connectivity index (χ0v) is 21.6. The molecule has 3 aromatic rings. The number of esters is 1. The Labute approximate surface area is 215 Å². The van der Waals surface area contributed by atoms with Crippen LogP contribution >= 0.6 is 0 Å². The number of aryl methyl sites for hydroxylation is 2. The van der Waals surface area contributed by atoms with E-state index in [9.17, 15) is 13.6 Å². The Morgan fingerprint density at radius 3 is 2.70 bits per heavy atom. The van der Waals surface area contributed by atoms with Crippen molar-refractivity contribution in [3.8, 4) is 11.5 Å². The number of halogens is 2. The van der Waals surface area contributed by atoms with Crippen molar-refractivity contribution in [1.29, 1.82) is 0 Å². The van der Waals surface area contributed by atoms with Crippen LogP contribution in [-0.4, -0.2) is 35.3 Å².